The molecule has 0 amide bonds. The van der Waals surface area contributed by atoms with Gasteiger partial charge < -0.3 is 10.3 Å². The smallest absolute Gasteiger partial charge is 0.227 e. The Morgan fingerprint density at radius 2 is 2.11 bits per heavy atom. The van der Waals surface area contributed by atoms with Crippen LogP contribution in [-0.4, -0.2) is 15.1 Å². The van der Waals surface area contributed by atoms with Gasteiger partial charge in [0.25, 0.3) is 0 Å². The first-order valence-electron chi connectivity index (χ1n) is 6.25. The van der Waals surface area contributed by atoms with Crippen molar-refractivity contribution in [2.45, 2.75) is 44.1 Å². The number of hydrogen-bond acceptors (Lipinski definition) is 6. The van der Waals surface area contributed by atoms with Crippen LogP contribution in [0.3, 0.4) is 0 Å². The van der Waals surface area contributed by atoms with Crippen LogP contribution in [0.4, 0.5) is 0 Å². The van der Waals surface area contributed by atoms with Gasteiger partial charge in [0.1, 0.15) is 0 Å². The molecule has 2 heterocycles. The lowest BCUT2D eigenvalue weighted by molar-refractivity contribution is 0.348. The van der Waals surface area contributed by atoms with Crippen LogP contribution in [0, 0.1) is 0 Å². The molecule has 5 nitrogen and oxygen atoms in total. The van der Waals surface area contributed by atoms with Crippen molar-refractivity contribution in [2.75, 3.05) is 0 Å². The highest BCUT2D eigenvalue weighted by Gasteiger charge is 2.35. The Balaban J connectivity index is 0.00000133. The first-order valence-corrected chi connectivity index (χ1v) is 7.20. The lowest BCUT2D eigenvalue weighted by Crippen LogP contribution is -2.34. The Morgan fingerprint density at radius 1 is 1.32 bits per heavy atom. The quantitative estimate of drug-likeness (QED) is 0.938. The SMILES string of the molecule is Cl.NC1(c2noc(CCc3cscn3)n2)CCCC1. The van der Waals surface area contributed by atoms with Crippen LogP contribution in [0.1, 0.15) is 43.1 Å². The summed E-state index contributed by atoms with van der Waals surface area (Å²) in [7, 11) is 0. The van der Waals surface area contributed by atoms with Crippen LogP contribution in [-0.2, 0) is 18.4 Å². The molecule has 1 aliphatic carbocycles. The number of rotatable bonds is 4. The number of aromatic nitrogens is 3. The summed E-state index contributed by atoms with van der Waals surface area (Å²) in [5.74, 6) is 1.34. The molecule has 0 atom stereocenters. The van der Waals surface area contributed by atoms with Gasteiger partial charge in [-0.1, -0.05) is 18.0 Å². The Labute approximate surface area is 122 Å². The molecule has 2 aromatic rings. The van der Waals surface area contributed by atoms with E-state index >= 15 is 0 Å². The van der Waals surface area contributed by atoms with Gasteiger partial charge in [0.15, 0.2) is 5.82 Å². The zero-order chi connectivity index (χ0) is 12.4. The molecule has 0 radical (unpaired) electrons. The molecule has 1 fully saturated rings. The molecule has 2 aromatic heterocycles. The molecular formula is C12H17ClN4OS. The van der Waals surface area contributed by atoms with E-state index in [9.17, 15) is 0 Å². The first kappa shape index (κ1) is 14.4. The largest absolute Gasteiger partial charge is 0.339 e. The highest BCUT2D eigenvalue weighted by atomic mass is 35.5. The summed E-state index contributed by atoms with van der Waals surface area (Å²) in [6, 6.07) is 0. The van der Waals surface area contributed by atoms with E-state index in [1.165, 1.54) is 0 Å². The van der Waals surface area contributed by atoms with Crippen molar-refractivity contribution in [3.8, 4) is 0 Å². The number of halogens is 1. The van der Waals surface area contributed by atoms with Crippen molar-refractivity contribution in [3.63, 3.8) is 0 Å². The first-order chi connectivity index (χ1) is 8.76. The van der Waals surface area contributed by atoms with E-state index in [1.807, 2.05) is 10.9 Å². The van der Waals surface area contributed by atoms with Crippen molar-refractivity contribution in [3.05, 3.63) is 28.3 Å². The lowest BCUT2D eigenvalue weighted by Gasteiger charge is -2.17. The van der Waals surface area contributed by atoms with Crippen molar-refractivity contribution in [1.82, 2.24) is 15.1 Å². The fourth-order valence-electron chi connectivity index (χ4n) is 2.38. The molecule has 3 rings (SSSR count). The Bertz CT molecular complexity index is 508. The number of nitrogens with two attached hydrogens (primary N) is 1. The molecule has 0 bridgehead atoms. The summed E-state index contributed by atoms with van der Waals surface area (Å²) >= 11 is 1.60. The van der Waals surface area contributed by atoms with Gasteiger partial charge in [0.2, 0.25) is 5.89 Å². The molecule has 0 saturated heterocycles. The van der Waals surface area contributed by atoms with Crippen molar-refractivity contribution in [2.24, 2.45) is 5.73 Å². The second-order valence-corrected chi connectivity index (χ2v) is 5.57. The maximum absolute atomic E-state index is 6.29. The fraction of sp³-hybridized carbons (Fsp3) is 0.583. The Morgan fingerprint density at radius 3 is 2.79 bits per heavy atom. The fourth-order valence-corrected chi connectivity index (χ4v) is 2.98. The zero-order valence-electron chi connectivity index (χ0n) is 10.5. The average molecular weight is 301 g/mol. The number of nitrogens with zero attached hydrogens (tertiary/aromatic N) is 3. The third-order valence-corrected chi connectivity index (χ3v) is 4.12. The molecule has 0 spiro atoms. The summed E-state index contributed by atoms with van der Waals surface area (Å²) in [5.41, 5.74) is 8.84. The van der Waals surface area contributed by atoms with E-state index in [-0.39, 0.29) is 17.9 Å². The van der Waals surface area contributed by atoms with E-state index in [0.717, 1.165) is 44.2 Å². The molecule has 0 unspecified atom stereocenters. The summed E-state index contributed by atoms with van der Waals surface area (Å²) in [4.78, 5) is 8.67. The number of thiazole rings is 1. The average Bonchev–Trinajstić information content (AvgIpc) is 3.08. The van der Waals surface area contributed by atoms with Gasteiger partial charge in [0.05, 0.1) is 16.7 Å². The number of aryl methyl sites for hydroxylation is 2. The van der Waals surface area contributed by atoms with Gasteiger partial charge in [0, 0.05) is 11.8 Å². The molecule has 1 saturated carbocycles. The molecule has 0 aromatic carbocycles. The molecule has 7 heteroatoms. The highest BCUT2D eigenvalue weighted by Crippen LogP contribution is 2.34. The maximum Gasteiger partial charge on any atom is 0.227 e. The van der Waals surface area contributed by atoms with Gasteiger partial charge in [-0.3, -0.25) is 0 Å². The van der Waals surface area contributed by atoms with E-state index in [4.69, 9.17) is 10.3 Å². The van der Waals surface area contributed by atoms with Crippen molar-refractivity contribution in [1.29, 1.82) is 0 Å². The second kappa shape index (κ2) is 5.98. The third-order valence-electron chi connectivity index (χ3n) is 3.49. The summed E-state index contributed by atoms with van der Waals surface area (Å²) < 4.78 is 5.28. The molecule has 19 heavy (non-hydrogen) atoms. The minimum atomic E-state index is -0.359. The van der Waals surface area contributed by atoms with E-state index < -0.39 is 0 Å². The van der Waals surface area contributed by atoms with Crippen LogP contribution in [0.5, 0.6) is 0 Å². The monoisotopic (exact) mass is 300 g/mol. The van der Waals surface area contributed by atoms with Gasteiger partial charge in [-0.25, -0.2) is 4.98 Å². The summed E-state index contributed by atoms with van der Waals surface area (Å²) in [6.45, 7) is 0. The van der Waals surface area contributed by atoms with Gasteiger partial charge >= 0.3 is 0 Å². The van der Waals surface area contributed by atoms with Crippen LogP contribution in [0.15, 0.2) is 15.4 Å². The topological polar surface area (TPSA) is 77.8 Å². The van der Waals surface area contributed by atoms with Crippen molar-refractivity contribution >= 4 is 23.7 Å². The van der Waals surface area contributed by atoms with Gasteiger partial charge in [-0.05, 0) is 19.3 Å². The molecular weight excluding hydrogens is 284 g/mol. The Hall–Kier alpha value is -0.980. The summed E-state index contributed by atoms with van der Waals surface area (Å²) in [6.07, 6.45) is 5.78. The maximum atomic E-state index is 6.29. The predicted octanol–water partition coefficient (Wildman–Crippen LogP) is 2.46. The zero-order valence-corrected chi connectivity index (χ0v) is 12.2. The number of hydrogen-bond donors (Lipinski definition) is 1. The third kappa shape index (κ3) is 3.13. The van der Waals surface area contributed by atoms with Crippen LogP contribution in [0.25, 0.3) is 0 Å². The standard InChI is InChI=1S/C12H16N4OS.ClH/c13-12(5-1-2-6-12)11-15-10(17-16-11)4-3-9-7-18-8-14-9;/h7-8H,1-6,13H2;1H. The highest BCUT2D eigenvalue weighted by molar-refractivity contribution is 7.07. The van der Waals surface area contributed by atoms with Gasteiger partial charge in [-0.2, -0.15) is 4.98 Å². The van der Waals surface area contributed by atoms with Crippen LogP contribution >= 0.6 is 23.7 Å². The minimum absolute atomic E-state index is 0. The predicted molar refractivity (Wildman–Crippen MR) is 75.4 cm³/mol. The van der Waals surface area contributed by atoms with Crippen molar-refractivity contribution < 1.29 is 4.52 Å². The van der Waals surface area contributed by atoms with E-state index in [1.54, 1.807) is 11.3 Å². The van der Waals surface area contributed by atoms with Crippen LogP contribution in [0.2, 0.25) is 0 Å². The van der Waals surface area contributed by atoms with Gasteiger partial charge in [-0.15, -0.1) is 23.7 Å². The molecule has 2 N–H and O–H groups in total. The van der Waals surface area contributed by atoms with E-state index in [2.05, 4.69) is 15.1 Å². The summed E-state index contributed by atoms with van der Waals surface area (Å²) in [5, 5.41) is 6.08. The lowest BCUT2D eigenvalue weighted by atomic mass is 9.99. The molecule has 104 valence electrons. The minimum Gasteiger partial charge on any atom is -0.339 e. The molecule has 1 aliphatic rings. The van der Waals surface area contributed by atoms with Crippen LogP contribution < -0.4 is 5.73 Å². The molecule has 0 aliphatic heterocycles. The Kier molecular flexibility index (Phi) is 4.54. The normalized spacial score (nSPS) is 17.3. The second-order valence-electron chi connectivity index (χ2n) is 4.85. The van der Waals surface area contributed by atoms with E-state index in [0.29, 0.717) is 11.7 Å².